The van der Waals surface area contributed by atoms with Crippen molar-refractivity contribution in [3.8, 4) is 0 Å². The second-order valence-electron chi connectivity index (χ2n) is 4.89. The maximum absolute atomic E-state index is 11.7. The average molecular weight is 326 g/mol. The van der Waals surface area contributed by atoms with Gasteiger partial charge in [0.05, 0.1) is 5.41 Å². The molecule has 2 N–H and O–H groups in total. The third-order valence-corrected chi connectivity index (χ3v) is 3.27. The van der Waals surface area contributed by atoms with Crippen LogP contribution in [0.5, 0.6) is 0 Å². The molecule has 7 heteroatoms. The quantitative estimate of drug-likeness (QED) is 0.897. The molecule has 0 aromatic carbocycles. The minimum Gasteiger partial charge on any atom is -0.366 e. The van der Waals surface area contributed by atoms with E-state index in [1.165, 1.54) is 0 Å². The predicted molar refractivity (Wildman–Crippen MR) is 77.0 cm³/mol. The minimum atomic E-state index is -0.525. The zero-order valence-electron chi connectivity index (χ0n) is 11.1. The maximum Gasteiger partial charge on any atom is 0.227 e. The number of aromatic nitrogens is 3. The van der Waals surface area contributed by atoms with Crippen molar-refractivity contribution in [3.05, 3.63) is 23.2 Å². The van der Waals surface area contributed by atoms with Crippen LogP contribution in [-0.4, -0.2) is 33.9 Å². The number of carbonyl (C=O) groups is 1. The lowest BCUT2D eigenvalue weighted by molar-refractivity contribution is -0.128. The summed E-state index contributed by atoms with van der Waals surface area (Å²) in [5.74, 6) is 0.630. The zero-order chi connectivity index (χ0) is 14.0. The number of hydrogen-bond donors (Lipinski definition) is 2. The molecule has 2 heterocycles. The summed E-state index contributed by atoms with van der Waals surface area (Å²) in [6.07, 6.45) is 5.38. The Labute approximate surface area is 119 Å². The molecule has 0 unspecified atom stereocenters. The molecule has 6 nitrogen and oxygen atoms in total. The molecule has 2 aromatic heterocycles. The van der Waals surface area contributed by atoms with Crippen LogP contribution >= 0.6 is 15.9 Å². The molecule has 0 saturated carbocycles. The van der Waals surface area contributed by atoms with Gasteiger partial charge in [-0.2, -0.15) is 0 Å². The first-order valence-electron chi connectivity index (χ1n) is 5.89. The van der Waals surface area contributed by atoms with Crippen LogP contribution in [0.15, 0.2) is 23.2 Å². The standard InChI is InChI=1S/C12H16BrN5O/c1-12(2,11(19)14-3)7-16-9-10-15-4-5-18(10)6-8(13)17-9/h4-6H,7H2,1-3H3,(H,14,19)(H,16,17). The second kappa shape index (κ2) is 5.16. The van der Waals surface area contributed by atoms with Gasteiger partial charge in [-0.1, -0.05) is 0 Å². The van der Waals surface area contributed by atoms with Crippen molar-refractivity contribution in [1.82, 2.24) is 19.7 Å². The fraction of sp³-hybridized carbons (Fsp3) is 0.417. The molecule has 0 aliphatic carbocycles. The number of imidazole rings is 1. The Morgan fingerprint density at radius 1 is 1.53 bits per heavy atom. The number of fused-ring (bicyclic) bond motifs is 1. The van der Waals surface area contributed by atoms with Gasteiger partial charge in [-0.05, 0) is 29.8 Å². The molecule has 0 saturated heterocycles. The highest BCUT2D eigenvalue weighted by atomic mass is 79.9. The Kier molecular flexibility index (Phi) is 3.75. The molecule has 1 amide bonds. The van der Waals surface area contributed by atoms with Gasteiger partial charge in [0.25, 0.3) is 0 Å². The smallest absolute Gasteiger partial charge is 0.227 e. The number of nitrogens with one attached hydrogen (secondary N) is 2. The van der Waals surface area contributed by atoms with Gasteiger partial charge in [0.1, 0.15) is 4.60 Å². The van der Waals surface area contributed by atoms with E-state index >= 15 is 0 Å². The van der Waals surface area contributed by atoms with Crippen LogP contribution < -0.4 is 10.6 Å². The van der Waals surface area contributed by atoms with Crippen molar-refractivity contribution in [2.75, 3.05) is 18.9 Å². The number of rotatable bonds is 4. The second-order valence-corrected chi connectivity index (χ2v) is 5.70. The van der Waals surface area contributed by atoms with Crippen LogP contribution in [0, 0.1) is 5.41 Å². The van der Waals surface area contributed by atoms with Gasteiger partial charge in [-0.25, -0.2) is 9.97 Å². The van der Waals surface area contributed by atoms with Crippen molar-refractivity contribution in [2.24, 2.45) is 5.41 Å². The van der Waals surface area contributed by atoms with Crippen LogP contribution in [0.3, 0.4) is 0 Å². The Hall–Kier alpha value is -1.63. The van der Waals surface area contributed by atoms with E-state index in [-0.39, 0.29) is 5.91 Å². The third-order valence-electron chi connectivity index (χ3n) is 2.88. The van der Waals surface area contributed by atoms with E-state index in [0.717, 1.165) is 5.65 Å². The van der Waals surface area contributed by atoms with Crippen LogP contribution in [-0.2, 0) is 4.79 Å². The Bertz CT molecular complexity index is 607. The van der Waals surface area contributed by atoms with Crippen LogP contribution in [0.4, 0.5) is 5.82 Å². The van der Waals surface area contributed by atoms with Gasteiger partial charge in [0, 0.05) is 32.2 Å². The van der Waals surface area contributed by atoms with Gasteiger partial charge in [0.2, 0.25) is 5.91 Å². The molecule has 0 aliphatic rings. The highest BCUT2D eigenvalue weighted by Gasteiger charge is 2.26. The molecule has 2 aromatic rings. The monoisotopic (exact) mass is 325 g/mol. The van der Waals surface area contributed by atoms with E-state index in [4.69, 9.17) is 0 Å². The Balaban J connectivity index is 2.22. The molecule has 0 aliphatic heterocycles. The SMILES string of the molecule is CNC(=O)C(C)(C)CNc1nc(Br)cn2ccnc12. The summed E-state index contributed by atoms with van der Waals surface area (Å²) in [5.41, 5.74) is 0.207. The molecular weight excluding hydrogens is 310 g/mol. The topological polar surface area (TPSA) is 71.3 Å². The lowest BCUT2D eigenvalue weighted by atomic mass is 9.92. The molecule has 0 atom stereocenters. The van der Waals surface area contributed by atoms with Gasteiger partial charge >= 0.3 is 0 Å². The van der Waals surface area contributed by atoms with Crippen LogP contribution in [0.25, 0.3) is 5.65 Å². The van der Waals surface area contributed by atoms with Gasteiger partial charge in [-0.15, -0.1) is 0 Å². The molecule has 0 radical (unpaired) electrons. The van der Waals surface area contributed by atoms with E-state index < -0.39 is 5.41 Å². The summed E-state index contributed by atoms with van der Waals surface area (Å²) < 4.78 is 2.57. The maximum atomic E-state index is 11.7. The molecule has 2 rings (SSSR count). The molecule has 0 bridgehead atoms. The molecule has 19 heavy (non-hydrogen) atoms. The summed E-state index contributed by atoms with van der Waals surface area (Å²) in [6.45, 7) is 4.22. The summed E-state index contributed by atoms with van der Waals surface area (Å²) in [5, 5.41) is 5.84. The summed E-state index contributed by atoms with van der Waals surface area (Å²) in [7, 11) is 1.63. The number of halogens is 1. The fourth-order valence-electron chi connectivity index (χ4n) is 1.74. The Morgan fingerprint density at radius 2 is 2.26 bits per heavy atom. The fourth-order valence-corrected chi connectivity index (χ4v) is 2.14. The van der Waals surface area contributed by atoms with E-state index in [2.05, 4.69) is 36.5 Å². The zero-order valence-corrected chi connectivity index (χ0v) is 12.7. The lowest BCUT2D eigenvalue weighted by Crippen LogP contribution is -2.39. The highest BCUT2D eigenvalue weighted by Crippen LogP contribution is 2.20. The summed E-state index contributed by atoms with van der Waals surface area (Å²) in [4.78, 5) is 20.3. The number of hydrogen-bond acceptors (Lipinski definition) is 4. The van der Waals surface area contributed by atoms with Crippen molar-refractivity contribution in [1.29, 1.82) is 0 Å². The molecule has 0 fully saturated rings. The molecule has 102 valence electrons. The third kappa shape index (κ3) is 2.86. The number of carbonyl (C=O) groups excluding carboxylic acids is 1. The first-order chi connectivity index (χ1) is 8.94. The summed E-state index contributed by atoms with van der Waals surface area (Å²) >= 11 is 3.35. The van der Waals surface area contributed by atoms with Crippen molar-refractivity contribution in [3.63, 3.8) is 0 Å². The lowest BCUT2D eigenvalue weighted by Gasteiger charge is -2.23. The largest absolute Gasteiger partial charge is 0.366 e. The van der Waals surface area contributed by atoms with E-state index in [0.29, 0.717) is 17.0 Å². The normalized spacial score (nSPS) is 11.6. The highest BCUT2D eigenvalue weighted by molar-refractivity contribution is 9.10. The minimum absolute atomic E-state index is 0.0191. The first kappa shape index (κ1) is 13.8. The van der Waals surface area contributed by atoms with Gasteiger partial charge in [-0.3, -0.25) is 4.79 Å². The van der Waals surface area contributed by atoms with Crippen LogP contribution in [0.2, 0.25) is 0 Å². The van der Waals surface area contributed by atoms with Crippen molar-refractivity contribution >= 4 is 33.3 Å². The van der Waals surface area contributed by atoms with E-state index in [1.54, 1.807) is 13.2 Å². The van der Waals surface area contributed by atoms with E-state index in [9.17, 15) is 4.79 Å². The van der Waals surface area contributed by atoms with E-state index in [1.807, 2.05) is 30.6 Å². The molecule has 0 spiro atoms. The first-order valence-corrected chi connectivity index (χ1v) is 6.68. The molecular formula is C12H16BrN5O. The van der Waals surface area contributed by atoms with Crippen molar-refractivity contribution < 1.29 is 4.79 Å². The van der Waals surface area contributed by atoms with Crippen molar-refractivity contribution in [2.45, 2.75) is 13.8 Å². The number of anilines is 1. The van der Waals surface area contributed by atoms with Crippen LogP contribution in [0.1, 0.15) is 13.8 Å². The summed E-state index contributed by atoms with van der Waals surface area (Å²) in [6, 6.07) is 0. The predicted octanol–water partition coefficient (Wildman–Crippen LogP) is 1.68. The average Bonchev–Trinajstić information content (AvgIpc) is 2.82. The Morgan fingerprint density at radius 3 is 2.95 bits per heavy atom. The van der Waals surface area contributed by atoms with Gasteiger partial charge in [0.15, 0.2) is 11.5 Å². The number of nitrogens with zero attached hydrogens (tertiary/aromatic N) is 3. The number of amides is 1. The van der Waals surface area contributed by atoms with Gasteiger partial charge < -0.3 is 15.0 Å².